The molecule has 6 heteroatoms. The van der Waals surface area contributed by atoms with Crippen LogP contribution in [-0.4, -0.2) is 22.5 Å². The number of ether oxygens (including phenoxy) is 1. The van der Waals surface area contributed by atoms with Crippen molar-refractivity contribution in [1.82, 2.24) is 9.97 Å². The first-order chi connectivity index (χ1) is 13.5. The van der Waals surface area contributed by atoms with Gasteiger partial charge >= 0.3 is 5.97 Å². The number of rotatable bonds is 7. The van der Waals surface area contributed by atoms with Gasteiger partial charge in [-0.2, -0.15) is 4.98 Å². The van der Waals surface area contributed by atoms with Crippen LogP contribution in [0, 0.1) is 13.8 Å². The Kier molecular flexibility index (Phi) is 6.22. The van der Waals surface area contributed by atoms with Gasteiger partial charge in [0.15, 0.2) is 0 Å². The maximum absolute atomic E-state index is 11.7. The van der Waals surface area contributed by atoms with Crippen LogP contribution < -0.4 is 10.6 Å². The molecule has 0 amide bonds. The fourth-order valence-electron chi connectivity index (χ4n) is 2.65. The van der Waals surface area contributed by atoms with Gasteiger partial charge in [0.2, 0.25) is 5.95 Å². The van der Waals surface area contributed by atoms with E-state index >= 15 is 0 Å². The van der Waals surface area contributed by atoms with E-state index in [2.05, 4.69) is 51.8 Å². The number of aromatic nitrogens is 2. The van der Waals surface area contributed by atoms with Gasteiger partial charge in [-0.15, -0.1) is 0 Å². The van der Waals surface area contributed by atoms with Crippen LogP contribution in [-0.2, 0) is 11.3 Å². The molecule has 144 valence electrons. The van der Waals surface area contributed by atoms with Gasteiger partial charge in [0.05, 0.1) is 12.2 Å². The number of esters is 1. The van der Waals surface area contributed by atoms with Crippen LogP contribution in [0.3, 0.4) is 0 Å². The van der Waals surface area contributed by atoms with Crippen molar-refractivity contribution in [2.24, 2.45) is 0 Å². The second-order valence-corrected chi connectivity index (χ2v) is 6.48. The average Bonchev–Trinajstić information content (AvgIpc) is 2.68. The molecule has 0 fully saturated rings. The van der Waals surface area contributed by atoms with Crippen LogP contribution in [0.15, 0.2) is 54.6 Å². The normalized spacial score (nSPS) is 10.4. The average molecular weight is 376 g/mol. The van der Waals surface area contributed by atoms with Crippen LogP contribution in [0.2, 0.25) is 0 Å². The van der Waals surface area contributed by atoms with E-state index in [1.54, 1.807) is 19.1 Å². The summed E-state index contributed by atoms with van der Waals surface area (Å²) in [4.78, 5) is 20.7. The van der Waals surface area contributed by atoms with Crippen LogP contribution >= 0.6 is 0 Å². The minimum absolute atomic E-state index is 0.325. The molecule has 0 aliphatic rings. The van der Waals surface area contributed by atoms with Crippen LogP contribution in [0.5, 0.6) is 0 Å². The zero-order chi connectivity index (χ0) is 19.9. The number of benzene rings is 2. The maximum Gasteiger partial charge on any atom is 0.338 e. The summed E-state index contributed by atoms with van der Waals surface area (Å²) in [5.41, 5.74) is 4.60. The van der Waals surface area contributed by atoms with Crippen molar-refractivity contribution in [3.63, 3.8) is 0 Å². The molecule has 0 bridgehead atoms. The van der Waals surface area contributed by atoms with E-state index < -0.39 is 0 Å². The van der Waals surface area contributed by atoms with Gasteiger partial charge in [-0.25, -0.2) is 9.78 Å². The molecule has 0 radical (unpaired) electrons. The van der Waals surface area contributed by atoms with Gasteiger partial charge in [0.1, 0.15) is 5.82 Å². The Balaban J connectivity index is 1.67. The summed E-state index contributed by atoms with van der Waals surface area (Å²) in [6.07, 6.45) is 0. The molecule has 2 N–H and O–H groups in total. The highest BCUT2D eigenvalue weighted by molar-refractivity contribution is 5.89. The summed E-state index contributed by atoms with van der Waals surface area (Å²) in [5.74, 6) is 0.920. The highest BCUT2D eigenvalue weighted by atomic mass is 16.5. The summed E-state index contributed by atoms with van der Waals surface area (Å²) in [6, 6.07) is 17.3. The standard InChI is InChI=1S/C22H24N4O2/c1-4-28-21(27)18-9-11-19(12-10-18)25-20-13-16(3)24-22(26-20)23-14-17-7-5-15(2)6-8-17/h5-13H,4,14H2,1-3H3,(H2,23,24,25,26). The van der Waals surface area contributed by atoms with Crippen molar-refractivity contribution in [3.05, 3.63) is 77.0 Å². The summed E-state index contributed by atoms with van der Waals surface area (Å²) >= 11 is 0. The fourth-order valence-corrected chi connectivity index (χ4v) is 2.65. The Labute approximate surface area is 165 Å². The van der Waals surface area contributed by atoms with E-state index in [1.807, 2.05) is 25.1 Å². The number of aryl methyl sites for hydroxylation is 2. The predicted octanol–water partition coefficient (Wildman–Crippen LogP) is 4.63. The second kappa shape index (κ2) is 8.99. The molecular weight excluding hydrogens is 352 g/mol. The summed E-state index contributed by atoms with van der Waals surface area (Å²) < 4.78 is 5.00. The number of carbonyl (C=O) groups excluding carboxylic acids is 1. The minimum atomic E-state index is -0.325. The Morgan fingerprint density at radius 1 is 1.00 bits per heavy atom. The summed E-state index contributed by atoms with van der Waals surface area (Å²) in [5, 5.41) is 6.51. The molecule has 6 nitrogen and oxygen atoms in total. The third-order valence-electron chi connectivity index (χ3n) is 4.09. The van der Waals surface area contributed by atoms with E-state index in [9.17, 15) is 4.79 Å². The lowest BCUT2D eigenvalue weighted by atomic mass is 10.1. The lowest BCUT2D eigenvalue weighted by molar-refractivity contribution is 0.0526. The smallest absolute Gasteiger partial charge is 0.338 e. The molecule has 1 aromatic heterocycles. The summed E-state index contributed by atoms with van der Waals surface area (Å²) in [6.45, 7) is 6.79. The topological polar surface area (TPSA) is 76.1 Å². The number of nitrogens with one attached hydrogen (secondary N) is 2. The predicted molar refractivity (Wildman–Crippen MR) is 111 cm³/mol. The number of anilines is 3. The highest BCUT2D eigenvalue weighted by Crippen LogP contribution is 2.18. The Bertz CT molecular complexity index is 938. The first-order valence-electron chi connectivity index (χ1n) is 9.23. The molecule has 0 unspecified atom stereocenters. The third kappa shape index (κ3) is 5.30. The lowest BCUT2D eigenvalue weighted by Crippen LogP contribution is -2.07. The zero-order valence-corrected chi connectivity index (χ0v) is 16.3. The second-order valence-electron chi connectivity index (χ2n) is 6.48. The zero-order valence-electron chi connectivity index (χ0n) is 16.3. The van der Waals surface area contributed by atoms with Gasteiger partial charge in [-0.1, -0.05) is 29.8 Å². The van der Waals surface area contributed by atoms with Crippen LogP contribution in [0.25, 0.3) is 0 Å². The van der Waals surface area contributed by atoms with E-state index in [4.69, 9.17) is 4.74 Å². The molecule has 0 aliphatic heterocycles. The first kappa shape index (κ1) is 19.4. The Morgan fingerprint density at radius 3 is 2.39 bits per heavy atom. The molecule has 0 atom stereocenters. The molecular formula is C22H24N4O2. The third-order valence-corrected chi connectivity index (χ3v) is 4.09. The SMILES string of the molecule is CCOC(=O)c1ccc(Nc2cc(C)nc(NCc3ccc(C)cc3)n2)cc1. The van der Waals surface area contributed by atoms with Crippen molar-refractivity contribution in [3.8, 4) is 0 Å². The molecule has 0 saturated heterocycles. The maximum atomic E-state index is 11.7. The number of nitrogens with zero attached hydrogens (tertiary/aromatic N) is 2. The van der Waals surface area contributed by atoms with Crippen LogP contribution in [0.1, 0.15) is 34.1 Å². The van der Waals surface area contributed by atoms with Crippen molar-refractivity contribution in [1.29, 1.82) is 0 Å². The van der Waals surface area contributed by atoms with Crippen molar-refractivity contribution >= 4 is 23.4 Å². The van der Waals surface area contributed by atoms with E-state index in [0.717, 1.165) is 11.4 Å². The summed E-state index contributed by atoms with van der Waals surface area (Å²) in [7, 11) is 0. The van der Waals surface area contributed by atoms with Crippen molar-refractivity contribution < 1.29 is 9.53 Å². The quantitative estimate of drug-likeness (QED) is 0.586. The van der Waals surface area contributed by atoms with Gasteiger partial charge in [0, 0.05) is 24.0 Å². The number of carbonyl (C=O) groups is 1. The van der Waals surface area contributed by atoms with E-state index in [-0.39, 0.29) is 5.97 Å². The molecule has 3 rings (SSSR count). The van der Waals surface area contributed by atoms with E-state index in [0.29, 0.717) is 30.5 Å². The molecule has 28 heavy (non-hydrogen) atoms. The van der Waals surface area contributed by atoms with Gasteiger partial charge < -0.3 is 15.4 Å². The molecule has 0 spiro atoms. The van der Waals surface area contributed by atoms with Crippen LogP contribution in [0.4, 0.5) is 17.5 Å². The largest absolute Gasteiger partial charge is 0.462 e. The molecule has 0 aliphatic carbocycles. The van der Waals surface area contributed by atoms with E-state index in [1.165, 1.54) is 11.1 Å². The number of hydrogen-bond donors (Lipinski definition) is 2. The minimum Gasteiger partial charge on any atom is -0.462 e. The number of hydrogen-bond acceptors (Lipinski definition) is 6. The molecule has 2 aromatic carbocycles. The lowest BCUT2D eigenvalue weighted by Gasteiger charge is -2.11. The molecule has 3 aromatic rings. The Hall–Kier alpha value is -3.41. The fraction of sp³-hybridized carbons (Fsp3) is 0.227. The molecule has 1 heterocycles. The van der Waals surface area contributed by atoms with Gasteiger partial charge in [-0.05, 0) is 50.6 Å². The van der Waals surface area contributed by atoms with Crippen molar-refractivity contribution in [2.45, 2.75) is 27.3 Å². The van der Waals surface area contributed by atoms with Gasteiger partial charge in [-0.3, -0.25) is 0 Å². The molecule has 0 saturated carbocycles. The highest BCUT2D eigenvalue weighted by Gasteiger charge is 2.07. The monoisotopic (exact) mass is 376 g/mol. The first-order valence-corrected chi connectivity index (χ1v) is 9.23. The van der Waals surface area contributed by atoms with Gasteiger partial charge in [0.25, 0.3) is 0 Å². The Morgan fingerprint density at radius 2 is 1.71 bits per heavy atom. The van der Waals surface area contributed by atoms with Crippen molar-refractivity contribution in [2.75, 3.05) is 17.2 Å².